The van der Waals surface area contributed by atoms with Gasteiger partial charge in [-0.1, -0.05) is 72.3 Å². The van der Waals surface area contributed by atoms with Gasteiger partial charge >= 0.3 is 0 Å². The zero-order valence-corrected chi connectivity index (χ0v) is 19.0. The Kier molecular flexibility index (Phi) is 8.58. The zero-order valence-electron chi connectivity index (χ0n) is 19.0. The number of carbonyl (C=O) groups excluding carboxylic acids is 2. The second kappa shape index (κ2) is 11.8. The molecule has 1 atom stereocenters. The van der Waals surface area contributed by atoms with Crippen molar-refractivity contribution in [2.45, 2.75) is 32.9 Å². The highest BCUT2D eigenvalue weighted by molar-refractivity contribution is 5.88. The minimum absolute atomic E-state index is 0.00115. The molecule has 5 nitrogen and oxygen atoms in total. The molecule has 0 saturated heterocycles. The predicted molar refractivity (Wildman–Crippen MR) is 126 cm³/mol. The van der Waals surface area contributed by atoms with Crippen molar-refractivity contribution in [3.8, 4) is 5.75 Å². The normalized spacial score (nSPS) is 11.5. The lowest BCUT2D eigenvalue weighted by atomic mass is 10.0. The van der Waals surface area contributed by atoms with Gasteiger partial charge in [0.15, 0.2) is 18.2 Å². The molecule has 0 saturated carbocycles. The summed E-state index contributed by atoms with van der Waals surface area (Å²) in [4.78, 5) is 27.9. The van der Waals surface area contributed by atoms with Gasteiger partial charge in [-0.05, 0) is 37.1 Å². The molecule has 3 aromatic carbocycles. The number of benzene rings is 3. The van der Waals surface area contributed by atoms with E-state index in [0.29, 0.717) is 13.0 Å². The van der Waals surface area contributed by atoms with Crippen molar-refractivity contribution < 1.29 is 18.7 Å². The van der Waals surface area contributed by atoms with E-state index in [9.17, 15) is 14.0 Å². The van der Waals surface area contributed by atoms with Crippen molar-refractivity contribution in [1.29, 1.82) is 0 Å². The molecule has 33 heavy (non-hydrogen) atoms. The number of carbonyl (C=O) groups is 2. The first kappa shape index (κ1) is 24.0. The van der Waals surface area contributed by atoms with Crippen molar-refractivity contribution in [2.24, 2.45) is 0 Å². The summed E-state index contributed by atoms with van der Waals surface area (Å²) in [7, 11) is 0. The SMILES string of the molecule is CCNC(=O)C(Cc1ccccc1)N(Cc1ccc(C)cc1)C(=O)COc1ccccc1F. The smallest absolute Gasteiger partial charge is 0.261 e. The number of halogens is 1. The van der Waals surface area contributed by atoms with E-state index >= 15 is 0 Å². The molecule has 3 aromatic rings. The van der Waals surface area contributed by atoms with Crippen molar-refractivity contribution in [3.05, 3.63) is 101 Å². The van der Waals surface area contributed by atoms with Gasteiger partial charge in [-0.15, -0.1) is 0 Å². The summed E-state index contributed by atoms with van der Waals surface area (Å²) >= 11 is 0. The zero-order chi connectivity index (χ0) is 23.6. The van der Waals surface area contributed by atoms with E-state index in [1.165, 1.54) is 17.0 Å². The molecule has 0 aliphatic rings. The van der Waals surface area contributed by atoms with Gasteiger partial charge in [0.1, 0.15) is 6.04 Å². The fourth-order valence-electron chi connectivity index (χ4n) is 3.52. The Balaban J connectivity index is 1.89. The number of para-hydroxylation sites is 1. The third-order valence-electron chi connectivity index (χ3n) is 5.28. The van der Waals surface area contributed by atoms with Crippen molar-refractivity contribution in [1.82, 2.24) is 10.2 Å². The van der Waals surface area contributed by atoms with E-state index in [1.807, 2.05) is 68.4 Å². The quantitative estimate of drug-likeness (QED) is 0.503. The molecule has 2 amide bonds. The Labute approximate surface area is 194 Å². The minimum Gasteiger partial charge on any atom is -0.481 e. The molecule has 6 heteroatoms. The Hall–Kier alpha value is -3.67. The lowest BCUT2D eigenvalue weighted by Gasteiger charge is -2.31. The Morgan fingerprint density at radius 1 is 0.939 bits per heavy atom. The maximum absolute atomic E-state index is 14.0. The molecule has 0 heterocycles. The molecule has 0 aliphatic heterocycles. The van der Waals surface area contributed by atoms with Crippen LogP contribution in [0.4, 0.5) is 4.39 Å². The lowest BCUT2D eigenvalue weighted by Crippen LogP contribution is -2.51. The highest BCUT2D eigenvalue weighted by Crippen LogP contribution is 2.18. The maximum atomic E-state index is 14.0. The molecular formula is C27H29FN2O3. The van der Waals surface area contributed by atoms with Crippen LogP contribution in [0.3, 0.4) is 0 Å². The number of amides is 2. The summed E-state index contributed by atoms with van der Waals surface area (Å²) in [6.07, 6.45) is 0.351. The first-order valence-corrected chi connectivity index (χ1v) is 11.0. The number of likely N-dealkylation sites (N-methyl/N-ethyl adjacent to an activating group) is 1. The monoisotopic (exact) mass is 448 g/mol. The number of aryl methyl sites for hydroxylation is 1. The van der Waals surface area contributed by atoms with Gasteiger partial charge in [0.05, 0.1) is 0 Å². The highest BCUT2D eigenvalue weighted by atomic mass is 19.1. The van der Waals surface area contributed by atoms with Gasteiger partial charge in [-0.3, -0.25) is 9.59 Å². The second-order valence-electron chi connectivity index (χ2n) is 7.83. The van der Waals surface area contributed by atoms with Crippen LogP contribution in [0.1, 0.15) is 23.6 Å². The van der Waals surface area contributed by atoms with E-state index in [-0.39, 0.29) is 24.8 Å². The predicted octanol–water partition coefficient (Wildman–Crippen LogP) is 4.29. The van der Waals surface area contributed by atoms with E-state index in [4.69, 9.17) is 4.74 Å². The maximum Gasteiger partial charge on any atom is 0.261 e. The van der Waals surface area contributed by atoms with Crippen LogP contribution < -0.4 is 10.1 Å². The molecule has 0 aliphatic carbocycles. The highest BCUT2D eigenvalue weighted by Gasteiger charge is 2.30. The van der Waals surface area contributed by atoms with E-state index < -0.39 is 17.8 Å². The van der Waals surface area contributed by atoms with Crippen LogP contribution in [-0.4, -0.2) is 35.9 Å². The number of ether oxygens (including phenoxy) is 1. The summed E-state index contributed by atoms with van der Waals surface area (Å²) in [5.41, 5.74) is 2.93. The van der Waals surface area contributed by atoms with E-state index in [2.05, 4.69) is 5.32 Å². The molecule has 172 valence electrons. The number of nitrogens with one attached hydrogen (secondary N) is 1. The third kappa shape index (κ3) is 6.91. The summed E-state index contributed by atoms with van der Waals surface area (Å²) in [6.45, 7) is 4.13. The molecule has 0 radical (unpaired) electrons. The van der Waals surface area contributed by atoms with Gasteiger partial charge < -0.3 is 15.0 Å². The summed E-state index contributed by atoms with van der Waals surface area (Å²) < 4.78 is 19.5. The topological polar surface area (TPSA) is 58.6 Å². The van der Waals surface area contributed by atoms with Crippen LogP contribution in [0.15, 0.2) is 78.9 Å². The van der Waals surface area contributed by atoms with Crippen molar-refractivity contribution in [3.63, 3.8) is 0 Å². The first-order valence-electron chi connectivity index (χ1n) is 11.0. The number of hydrogen-bond donors (Lipinski definition) is 1. The second-order valence-corrected chi connectivity index (χ2v) is 7.83. The Bertz CT molecular complexity index is 1050. The van der Waals surface area contributed by atoms with Gasteiger partial charge in [0, 0.05) is 19.5 Å². The number of nitrogens with zero attached hydrogens (tertiary/aromatic N) is 1. The van der Waals surface area contributed by atoms with Crippen LogP contribution in [-0.2, 0) is 22.6 Å². The molecule has 0 bridgehead atoms. The molecule has 3 rings (SSSR count). The molecule has 0 fully saturated rings. The molecule has 1 N–H and O–H groups in total. The van der Waals surface area contributed by atoms with Crippen LogP contribution in [0, 0.1) is 12.7 Å². The van der Waals surface area contributed by atoms with Crippen LogP contribution in [0.2, 0.25) is 0 Å². The standard InChI is InChI=1S/C27H29FN2O3/c1-3-29-27(32)24(17-21-9-5-4-6-10-21)30(18-22-15-13-20(2)14-16-22)26(31)19-33-25-12-8-7-11-23(25)28/h4-16,24H,3,17-19H2,1-2H3,(H,29,32). The van der Waals surface area contributed by atoms with E-state index in [1.54, 1.807) is 12.1 Å². The Morgan fingerprint density at radius 3 is 2.27 bits per heavy atom. The van der Waals surface area contributed by atoms with Gasteiger partial charge in [0.25, 0.3) is 5.91 Å². The van der Waals surface area contributed by atoms with Crippen molar-refractivity contribution in [2.75, 3.05) is 13.2 Å². The van der Waals surface area contributed by atoms with Gasteiger partial charge in [0.2, 0.25) is 5.91 Å². The fraction of sp³-hybridized carbons (Fsp3) is 0.259. The summed E-state index contributed by atoms with van der Waals surface area (Å²) in [5.74, 6) is -1.18. The molecular weight excluding hydrogens is 419 g/mol. The average molecular weight is 449 g/mol. The average Bonchev–Trinajstić information content (AvgIpc) is 2.82. The van der Waals surface area contributed by atoms with Crippen LogP contribution in [0.25, 0.3) is 0 Å². The summed E-state index contributed by atoms with van der Waals surface area (Å²) in [5, 5.41) is 2.85. The Morgan fingerprint density at radius 2 is 1.61 bits per heavy atom. The number of hydrogen-bond acceptors (Lipinski definition) is 3. The van der Waals surface area contributed by atoms with Crippen molar-refractivity contribution >= 4 is 11.8 Å². The number of rotatable bonds is 10. The fourth-order valence-corrected chi connectivity index (χ4v) is 3.52. The third-order valence-corrected chi connectivity index (χ3v) is 5.28. The van der Waals surface area contributed by atoms with Crippen LogP contribution in [0.5, 0.6) is 5.75 Å². The van der Waals surface area contributed by atoms with E-state index in [0.717, 1.165) is 16.7 Å². The first-order chi connectivity index (χ1) is 16.0. The largest absolute Gasteiger partial charge is 0.481 e. The summed E-state index contributed by atoms with van der Waals surface area (Å²) in [6, 6.07) is 22.6. The van der Waals surface area contributed by atoms with Crippen LogP contribution >= 0.6 is 0 Å². The molecule has 1 unspecified atom stereocenters. The van der Waals surface area contributed by atoms with Gasteiger partial charge in [-0.2, -0.15) is 0 Å². The van der Waals surface area contributed by atoms with Gasteiger partial charge in [-0.25, -0.2) is 4.39 Å². The lowest BCUT2D eigenvalue weighted by molar-refractivity contribution is -0.142. The minimum atomic E-state index is -0.745. The molecule has 0 spiro atoms. The molecule has 0 aromatic heterocycles.